The third-order valence-corrected chi connectivity index (χ3v) is 0. The van der Waals surface area contributed by atoms with Gasteiger partial charge in [0.25, 0.3) is 0 Å². The van der Waals surface area contributed by atoms with E-state index >= 15 is 0 Å². The second-order valence-corrected chi connectivity index (χ2v) is 0. The molecule has 0 aromatic rings. The Kier molecular flexibility index (Phi) is 243. The molecule has 0 N–H and O–H groups in total. The molecule has 4 heteroatoms. The van der Waals surface area contributed by atoms with Gasteiger partial charge in [-0.2, -0.15) is 0 Å². The molecule has 0 aliphatic rings. The average Bonchev–Trinajstić information content (AvgIpc) is 0. The normalized spacial score (nSPS) is 0. The maximum atomic E-state index is 0. The topological polar surface area (TPSA) is 57.0 Å². The summed E-state index contributed by atoms with van der Waals surface area (Å²) in [6.45, 7) is 0. The molecule has 0 amide bonds. The van der Waals surface area contributed by atoms with Crippen LogP contribution < -0.4 is 0 Å². The van der Waals surface area contributed by atoms with Crippen LogP contribution in [0.15, 0.2) is 0 Å². The first-order chi connectivity index (χ1) is 0. The largest absolute Gasteiger partial charge is 3.00 e. The quantitative estimate of drug-likeness (QED) is 0.543. The third-order valence-electron chi connectivity index (χ3n) is 0. The summed E-state index contributed by atoms with van der Waals surface area (Å²) in [5, 5.41) is 0. The van der Waals surface area contributed by atoms with Gasteiger partial charge in [0.05, 0.1) is 0 Å². The van der Waals surface area contributed by atoms with Gasteiger partial charge < -0.3 is 11.0 Å². The molecule has 0 aromatic carbocycles. The summed E-state index contributed by atoms with van der Waals surface area (Å²) in [5.74, 6) is 0. The molecule has 0 spiro atoms. The van der Waals surface area contributed by atoms with Crippen LogP contribution >= 0.6 is 0 Å². The predicted octanol–water partition coefficient (Wildman–Crippen LogP) is -0.240. The Morgan fingerprint density at radius 2 is 0.750 bits per heavy atom. The molecule has 0 aliphatic heterocycles. The van der Waals surface area contributed by atoms with Crippen LogP contribution in [0.25, 0.3) is 0 Å². The fourth-order valence-electron chi connectivity index (χ4n) is 0. The molecule has 0 bridgehead atoms. The van der Waals surface area contributed by atoms with Gasteiger partial charge in [-0.15, -0.1) is 0 Å². The molecular weight excluding hydrogens is 222 g/mol. The van der Waals surface area contributed by atoms with E-state index in [0.717, 1.165) is 0 Å². The molecule has 0 unspecified atom stereocenters. The van der Waals surface area contributed by atoms with Crippen molar-refractivity contribution in [2.75, 3.05) is 0 Å². The third kappa shape index (κ3) is 9.33. The first-order valence-corrected chi connectivity index (χ1v) is 0. The van der Waals surface area contributed by atoms with Crippen molar-refractivity contribution in [2.45, 2.75) is 0 Å². The molecule has 0 aromatic heterocycles. The van der Waals surface area contributed by atoms with Crippen molar-refractivity contribution in [1.29, 1.82) is 0 Å². The molecule has 0 rings (SSSR count). The first kappa shape index (κ1) is 43.6. The summed E-state index contributed by atoms with van der Waals surface area (Å²) in [7, 11) is 0. The van der Waals surface area contributed by atoms with E-state index in [-0.39, 0.29) is 65.1 Å². The van der Waals surface area contributed by atoms with Crippen molar-refractivity contribution in [3.8, 4) is 0 Å². The Morgan fingerprint density at radius 1 is 0.750 bits per heavy atom. The summed E-state index contributed by atoms with van der Waals surface area (Å²) < 4.78 is 0. The van der Waals surface area contributed by atoms with Crippen molar-refractivity contribution >= 4 is 0 Å². The summed E-state index contributed by atoms with van der Waals surface area (Å²) in [6.07, 6.45) is 0. The van der Waals surface area contributed by atoms with Crippen LogP contribution in [-0.2, 0) is 29.5 Å². The van der Waals surface area contributed by atoms with Crippen LogP contribution in [0.5, 0.6) is 0 Å². The van der Waals surface area contributed by atoms with Crippen LogP contribution in [0, 0.1) is 35.6 Å². The first-order valence-electron chi connectivity index (χ1n) is 0. The van der Waals surface area contributed by atoms with Crippen LogP contribution in [0.4, 0.5) is 0 Å². The van der Waals surface area contributed by atoms with Gasteiger partial charge in [-0.3, -0.25) is 0 Å². The maximum Gasteiger partial charge on any atom is 3.00 e. The van der Waals surface area contributed by atoms with Crippen LogP contribution in [0.1, 0.15) is 0 Å². The van der Waals surface area contributed by atoms with Gasteiger partial charge in [0.2, 0.25) is 0 Å². The minimum Gasteiger partial charge on any atom is -2.00 e. The van der Waals surface area contributed by atoms with Gasteiger partial charge in [-0.25, -0.2) is 0 Å². The van der Waals surface area contributed by atoms with Gasteiger partial charge in [-0.1, -0.05) is 0 Å². The van der Waals surface area contributed by atoms with Crippen LogP contribution in [0.2, 0.25) is 0 Å². The van der Waals surface area contributed by atoms with Crippen molar-refractivity contribution in [3.63, 3.8) is 0 Å². The molecule has 0 heterocycles. The van der Waals surface area contributed by atoms with Crippen molar-refractivity contribution in [1.82, 2.24) is 0 Å². The average molecular weight is 222 g/mol. The summed E-state index contributed by atoms with van der Waals surface area (Å²) in [6, 6.07) is 0. The molecule has 21 valence electrons. The summed E-state index contributed by atoms with van der Waals surface area (Å²) in [5.41, 5.74) is 0. The summed E-state index contributed by atoms with van der Waals surface area (Å²) >= 11 is 0. The molecule has 4 heavy (non-hydrogen) atoms. The Bertz CT molecular complexity index is 6.00. The molecule has 0 fully saturated rings. The molecule has 0 atom stereocenters. The van der Waals surface area contributed by atoms with Crippen LogP contribution in [-0.4, -0.2) is 0 Å². The van der Waals surface area contributed by atoms with Gasteiger partial charge >= 0.3 is 35.6 Å². The molecule has 2 nitrogen and oxygen atoms in total. The van der Waals surface area contributed by atoms with Crippen molar-refractivity contribution in [2.24, 2.45) is 0 Å². The smallest absolute Gasteiger partial charge is 2.00 e. The monoisotopic (exact) mass is 222 g/mol. The fraction of sp³-hybridized carbons (Fsp3) is 0. The zero-order valence-electron chi connectivity index (χ0n) is 1.84. The Morgan fingerprint density at radius 3 is 0.750 bits per heavy atom. The summed E-state index contributed by atoms with van der Waals surface area (Å²) in [4.78, 5) is 0. The molecule has 1 radical (unpaired) electrons. The van der Waals surface area contributed by atoms with Gasteiger partial charge in [0.15, 0.2) is 0 Å². The fourth-order valence-corrected chi connectivity index (χ4v) is 0. The van der Waals surface area contributed by atoms with E-state index in [1.807, 2.05) is 0 Å². The SMILES string of the molecule is [La+3].[O-2].[O-2].[V]. The van der Waals surface area contributed by atoms with E-state index in [1.165, 1.54) is 0 Å². The van der Waals surface area contributed by atoms with E-state index in [9.17, 15) is 0 Å². The maximum absolute atomic E-state index is 0. The Balaban J connectivity index is 0. The number of hydrogen-bond acceptors (Lipinski definition) is 0. The minimum absolute atomic E-state index is 0. The molecule has 0 saturated heterocycles. The molecular formula is LaO2V-. The van der Waals surface area contributed by atoms with E-state index in [0.29, 0.717) is 0 Å². The Labute approximate surface area is 64.4 Å². The standard InChI is InChI=1S/La.2O.V/q+3;2*-2;. The zero-order chi connectivity index (χ0) is 0. The number of hydrogen-bond donors (Lipinski definition) is 0. The Hall–Kier alpha value is 1.70. The van der Waals surface area contributed by atoms with E-state index < -0.39 is 0 Å². The zero-order valence-corrected chi connectivity index (χ0v) is 6.86. The molecule has 0 aliphatic carbocycles. The predicted molar refractivity (Wildman–Crippen MR) is 1.37 cm³/mol. The minimum atomic E-state index is 0. The van der Waals surface area contributed by atoms with E-state index in [1.54, 1.807) is 0 Å². The van der Waals surface area contributed by atoms with Crippen molar-refractivity contribution < 1.29 is 65.1 Å². The van der Waals surface area contributed by atoms with Gasteiger partial charge in [0, 0.05) is 18.6 Å². The van der Waals surface area contributed by atoms with Gasteiger partial charge in [0.1, 0.15) is 0 Å². The molecule has 0 saturated carbocycles. The second kappa shape index (κ2) is 22.3. The second-order valence-electron chi connectivity index (χ2n) is 0. The van der Waals surface area contributed by atoms with E-state index in [4.69, 9.17) is 0 Å². The van der Waals surface area contributed by atoms with Crippen molar-refractivity contribution in [3.05, 3.63) is 0 Å². The van der Waals surface area contributed by atoms with Crippen LogP contribution in [0.3, 0.4) is 0 Å². The van der Waals surface area contributed by atoms with Gasteiger partial charge in [-0.05, 0) is 0 Å². The van der Waals surface area contributed by atoms with E-state index in [2.05, 4.69) is 0 Å². The number of rotatable bonds is 0.